The first-order valence-corrected chi connectivity index (χ1v) is 4.41. The molecular weight excluding hydrogens is 134 g/mol. The van der Waals surface area contributed by atoms with Gasteiger partial charge < -0.3 is 4.90 Å². The van der Waals surface area contributed by atoms with Crippen molar-refractivity contribution in [2.24, 2.45) is 5.41 Å². The van der Waals surface area contributed by atoms with Gasteiger partial charge in [0.2, 0.25) is 0 Å². The first-order chi connectivity index (χ1) is 5.02. The molecule has 0 aromatic rings. The van der Waals surface area contributed by atoms with Crippen molar-refractivity contribution in [3.8, 4) is 0 Å². The Labute approximate surface area is 71.1 Å². The number of hydrogen-bond donors (Lipinski definition) is 0. The van der Waals surface area contributed by atoms with Gasteiger partial charge in [-0.25, -0.2) is 0 Å². The zero-order valence-corrected chi connectivity index (χ0v) is 8.52. The molecule has 0 radical (unpaired) electrons. The predicted octanol–water partition coefficient (Wildman–Crippen LogP) is 2.89. The summed E-state index contributed by atoms with van der Waals surface area (Å²) in [4.78, 5) is 2.19. The molecule has 0 aliphatic carbocycles. The lowest BCUT2D eigenvalue weighted by atomic mass is 9.90. The second-order valence-electron chi connectivity index (χ2n) is 3.73. The zero-order valence-electron chi connectivity index (χ0n) is 8.52. The van der Waals surface area contributed by atoms with Crippen molar-refractivity contribution in [2.45, 2.75) is 34.1 Å². The highest BCUT2D eigenvalue weighted by Crippen LogP contribution is 2.20. The standard InChI is InChI=1S/C10H21N/c1-6-10(3,4)8-9-11(5)7-2/h8-9H,6-7H2,1-5H3/b9-8-. The normalized spacial score (nSPS) is 12.5. The van der Waals surface area contributed by atoms with E-state index in [1.165, 1.54) is 6.42 Å². The minimum atomic E-state index is 0.351. The molecule has 0 bridgehead atoms. The van der Waals surface area contributed by atoms with Gasteiger partial charge in [0.1, 0.15) is 0 Å². The minimum Gasteiger partial charge on any atom is -0.381 e. The summed E-state index contributed by atoms with van der Waals surface area (Å²) in [6.45, 7) is 9.97. The van der Waals surface area contributed by atoms with Gasteiger partial charge in [-0.05, 0) is 25.0 Å². The quantitative estimate of drug-likeness (QED) is 0.603. The summed E-state index contributed by atoms with van der Waals surface area (Å²) in [6, 6.07) is 0. The van der Waals surface area contributed by atoms with E-state index in [1.54, 1.807) is 0 Å². The van der Waals surface area contributed by atoms with Crippen LogP contribution in [0.15, 0.2) is 12.3 Å². The lowest BCUT2D eigenvalue weighted by molar-refractivity contribution is 0.431. The van der Waals surface area contributed by atoms with Crippen LogP contribution in [-0.2, 0) is 0 Å². The first kappa shape index (κ1) is 10.5. The van der Waals surface area contributed by atoms with Crippen molar-refractivity contribution >= 4 is 0 Å². The van der Waals surface area contributed by atoms with E-state index in [-0.39, 0.29) is 0 Å². The topological polar surface area (TPSA) is 3.24 Å². The number of allylic oxidation sites excluding steroid dienone is 1. The van der Waals surface area contributed by atoms with Gasteiger partial charge in [-0.15, -0.1) is 0 Å². The Hall–Kier alpha value is -0.460. The van der Waals surface area contributed by atoms with Crippen molar-refractivity contribution in [2.75, 3.05) is 13.6 Å². The molecule has 0 aromatic heterocycles. The summed E-state index contributed by atoms with van der Waals surface area (Å²) in [5.41, 5.74) is 0.351. The molecule has 0 N–H and O–H groups in total. The van der Waals surface area contributed by atoms with Crippen molar-refractivity contribution in [1.29, 1.82) is 0 Å². The Morgan fingerprint density at radius 2 is 1.82 bits per heavy atom. The average molecular weight is 155 g/mol. The molecule has 0 atom stereocenters. The molecule has 0 saturated heterocycles. The molecule has 0 unspecified atom stereocenters. The zero-order chi connectivity index (χ0) is 8.91. The van der Waals surface area contributed by atoms with Crippen LogP contribution in [0.1, 0.15) is 34.1 Å². The van der Waals surface area contributed by atoms with Crippen molar-refractivity contribution in [1.82, 2.24) is 4.90 Å². The summed E-state index contributed by atoms with van der Waals surface area (Å²) in [5.74, 6) is 0. The third-order valence-corrected chi connectivity index (χ3v) is 2.19. The summed E-state index contributed by atoms with van der Waals surface area (Å²) in [5, 5.41) is 0. The van der Waals surface area contributed by atoms with Gasteiger partial charge in [0.25, 0.3) is 0 Å². The van der Waals surface area contributed by atoms with Crippen molar-refractivity contribution in [3.05, 3.63) is 12.3 Å². The van der Waals surface area contributed by atoms with E-state index in [0.717, 1.165) is 6.54 Å². The SMILES string of the molecule is CCN(C)/C=C\C(C)(C)CC. The Morgan fingerprint density at radius 1 is 1.27 bits per heavy atom. The Balaban J connectivity index is 3.90. The van der Waals surface area contributed by atoms with Crippen LogP contribution in [0.5, 0.6) is 0 Å². The lowest BCUT2D eigenvalue weighted by Crippen LogP contribution is -2.12. The third-order valence-electron chi connectivity index (χ3n) is 2.19. The minimum absolute atomic E-state index is 0.351. The van der Waals surface area contributed by atoms with Crippen LogP contribution in [0.3, 0.4) is 0 Å². The highest BCUT2D eigenvalue weighted by atomic mass is 15.1. The number of nitrogens with zero attached hydrogens (tertiary/aromatic N) is 1. The van der Waals surface area contributed by atoms with Crippen LogP contribution in [0.25, 0.3) is 0 Å². The van der Waals surface area contributed by atoms with E-state index in [4.69, 9.17) is 0 Å². The fourth-order valence-corrected chi connectivity index (χ4v) is 0.552. The van der Waals surface area contributed by atoms with Crippen LogP contribution in [-0.4, -0.2) is 18.5 Å². The van der Waals surface area contributed by atoms with Crippen LogP contribution in [0, 0.1) is 5.41 Å². The van der Waals surface area contributed by atoms with Crippen molar-refractivity contribution < 1.29 is 0 Å². The van der Waals surface area contributed by atoms with Gasteiger partial charge in [0, 0.05) is 13.6 Å². The molecule has 0 fully saturated rings. The highest BCUT2D eigenvalue weighted by Gasteiger charge is 2.09. The largest absolute Gasteiger partial charge is 0.381 e. The van der Waals surface area contributed by atoms with Crippen LogP contribution in [0.2, 0.25) is 0 Å². The highest BCUT2D eigenvalue weighted by molar-refractivity contribution is 4.92. The van der Waals surface area contributed by atoms with E-state index in [2.05, 4.69) is 51.9 Å². The maximum Gasteiger partial charge on any atom is 0.0140 e. The smallest absolute Gasteiger partial charge is 0.0140 e. The summed E-state index contributed by atoms with van der Waals surface area (Å²) in [6.07, 6.45) is 5.64. The van der Waals surface area contributed by atoms with E-state index < -0.39 is 0 Å². The molecule has 0 amide bonds. The maximum atomic E-state index is 2.27. The second-order valence-corrected chi connectivity index (χ2v) is 3.73. The van der Waals surface area contributed by atoms with Gasteiger partial charge in [0.05, 0.1) is 0 Å². The average Bonchev–Trinajstić information content (AvgIpc) is 2.00. The molecule has 1 heteroatoms. The fraction of sp³-hybridized carbons (Fsp3) is 0.800. The van der Waals surface area contributed by atoms with Gasteiger partial charge in [-0.3, -0.25) is 0 Å². The van der Waals surface area contributed by atoms with Gasteiger partial charge >= 0.3 is 0 Å². The maximum absolute atomic E-state index is 2.27. The molecule has 1 nitrogen and oxygen atoms in total. The monoisotopic (exact) mass is 155 g/mol. The van der Waals surface area contributed by atoms with Gasteiger partial charge in [-0.1, -0.05) is 26.8 Å². The molecular formula is C10H21N. The van der Waals surface area contributed by atoms with E-state index in [0.29, 0.717) is 5.41 Å². The molecule has 0 aliphatic rings. The number of rotatable bonds is 4. The molecule has 0 aliphatic heterocycles. The molecule has 0 saturated carbocycles. The molecule has 11 heavy (non-hydrogen) atoms. The van der Waals surface area contributed by atoms with Crippen molar-refractivity contribution in [3.63, 3.8) is 0 Å². The molecule has 0 heterocycles. The lowest BCUT2D eigenvalue weighted by Gasteiger charge is -2.19. The van der Waals surface area contributed by atoms with Crippen LogP contribution in [0.4, 0.5) is 0 Å². The Kier molecular flexibility index (Phi) is 4.24. The molecule has 0 spiro atoms. The molecule has 0 aromatic carbocycles. The van der Waals surface area contributed by atoms with Gasteiger partial charge in [0.15, 0.2) is 0 Å². The van der Waals surface area contributed by atoms with Crippen LogP contribution >= 0.6 is 0 Å². The Bertz CT molecular complexity index is 125. The molecule has 66 valence electrons. The first-order valence-electron chi connectivity index (χ1n) is 4.41. The predicted molar refractivity (Wildman–Crippen MR) is 51.5 cm³/mol. The third kappa shape index (κ3) is 4.88. The van der Waals surface area contributed by atoms with E-state index in [1.807, 2.05) is 0 Å². The molecule has 0 rings (SSSR count). The van der Waals surface area contributed by atoms with Gasteiger partial charge in [-0.2, -0.15) is 0 Å². The summed E-state index contributed by atoms with van der Waals surface area (Å²) < 4.78 is 0. The fourth-order valence-electron chi connectivity index (χ4n) is 0.552. The number of hydrogen-bond acceptors (Lipinski definition) is 1. The second kappa shape index (κ2) is 4.42. The van der Waals surface area contributed by atoms with E-state index in [9.17, 15) is 0 Å². The van der Waals surface area contributed by atoms with E-state index >= 15 is 0 Å². The Morgan fingerprint density at radius 3 is 2.18 bits per heavy atom. The van der Waals surface area contributed by atoms with Crippen LogP contribution < -0.4 is 0 Å². The summed E-state index contributed by atoms with van der Waals surface area (Å²) in [7, 11) is 2.10. The summed E-state index contributed by atoms with van der Waals surface area (Å²) >= 11 is 0.